The molecule has 0 aliphatic carbocycles. The molecule has 0 spiro atoms. The molecule has 3 heterocycles. The molecule has 40 heavy (non-hydrogen) atoms. The molecule has 3 aromatic carbocycles. The number of hydrogen-bond acceptors (Lipinski definition) is 8. The number of para-hydroxylation sites is 1. The highest BCUT2D eigenvalue weighted by molar-refractivity contribution is 7.90. The van der Waals surface area contributed by atoms with Crippen LogP contribution in [0.15, 0.2) is 77.7 Å². The second-order valence-corrected chi connectivity index (χ2v) is 11.3. The van der Waals surface area contributed by atoms with Gasteiger partial charge in [0.25, 0.3) is 10.0 Å². The van der Waals surface area contributed by atoms with Gasteiger partial charge < -0.3 is 14.7 Å². The van der Waals surface area contributed by atoms with Crippen molar-refractivity contribution in [3.8, 4) is 29.1 Å². The van der Waals surface area contributed by atoms with Crippen LogP contribution >= 0.6 is 0 Å². The molecule has 9 nitrogen and oxygen atoms in total. The van der Waals surface area contributed by atoms with Gasteiger partial charge in [-0.2, -0.15) is 10.2 Å². The molecule has 0 atom stereocenters. The number of benzene rings is 3. The van der Waals surface area contributed by atoms with Gasteiger partial charge in [-0.1, -0.05) is 36.4 Å². The molecular formula is C30H25N5O4S. The molecule has 0 saturated carbocycles. The van der Waals surface area contributed by atoms with Gasteiger partial charge in [-0.05, 0) is 50.1 Å². The van der Waals surface area contributed by atoms with E-state index >= 15 is 0 Å². The summed E-state index contributed by atoms with van der Waals surface area (Å²) in [6.07, 6.45) is 1.51. The van der Waals surface area contributed by atoms with Crippen molar-refractivity contribution < 1.29 is 18.3 Å². The van der Waals surface area contributed by atoms with Crippen molar-refractivity contribution in [2.45, 2.75) is 24.7 Å². The van der Waals surface area contributed by atoms with Crippen LogP contribution in [0.2, 0.25) is 0 Å². The summed E-state index contributed by atoms with van der Waals surface area (Å²) in [5, 5.41) is 20.6. The third kappa shape index (κ3) is 4.03. The van der Waals surface area contributed by atoms with Crippen molar-refractivity contribution in [2.24, 2.45) is 0 Å². The first-order valence-corrected chi connectivity index (χ1v) is 14.2. The summed E-state index contributed by atoms with van der Waals surface area (Å²) in [4.78, 5) is 11.7. The quantitative estimate of drug-likeness (QED) is 0.312. The van der Waals surface area contributed by atoms with Crippen molar-refractivity contribution >= 4 is 32.4 Å². The molecule has 0 saturated heterocycles. The summed E-state index contributed by atoms with van der Waals surface area (Å²) in [6, 6.07) is 22.2. The minimum Gasteiger partial charge on any atom is -0.508 e. The number of ether oxygens (including phenoxy) is 1. The van der Waals surface area contributed by atoms with E-state index in [1.165, 1.54) is 16.1 Å². The number of hydrogen-bond donors (Lipinski definition) is 1. The summed E-state index contributed by atoms with van der Waals surface area (Å²) in [5.74, 6) is 1.42. The van der Waals surface area contributed by atoms with Crippen LogP contribution in [0.4, 0.5) is 11.5 Å². The van der Waals surface area contributed by atoms with E-state index < -0.39 is 10.0 Å². The molecule has 1 aliphatic rings. The lowest BCUT2D eigenvalue weighted by atomic mass is 10.1. The Labute approximate surface area is 231 Å². The molecular weight excluding hydrogens is 526 g/mol. The van der Waals surface area contributed by atoms with E-state index in [0.717, 1.165) is 17.7 Å². The molecule has 0 amide bonds. The standard InChI is InChI=1S/C30H25N5O4S/c1-19-26(24-14-6-9-20(18-31)27(24)35(19)40(37,38)23-12-4-3-5-13-23)28-32-29(25-15-8-16-39-30(25)33-28)34(2)21-10-7-11-22(36)17-21/h3-7,9-14,17,36H,8,15-16H2,1-2H3. The fourth-order valence-electron chi connectivity index (χ4n) is 5.22. The third-order valence-corrected chi connectivity index (χ3v) is 8.90. The number of phenols is 1. The summed E-state index contributed by atoms with van der Waals surface area (Å²) in [7, 11) is -2.22. The van der Waals surface area contributed by atoms with Crippen LogP contribution in [0, 0.1) is 18.3 Å². The lowest BCUT2D eigenvalue weighted by Crippen LogP contribution is -2.19. The van der Waals surface area contributed by atoms with Crippen molar-refractivity contribution in [1.29, 1.82) is 5.26 Å². The highest BCUT2D eigenvalue weighted by Gasteiger charge is 2.30. The maximum absolute atomic E-state index is 14.0. The maximum atomic E-state index is 14.0. The Bertz CT molecular complexity index is 1930. The second kappa shape index (κ2) is 9.70. The van der Waals surface area contributed by atoms with Gasteiger partial charge in [0, 0.05) is 35.4 Å². The normalized spacial score (nSPS) is 12.9. The Balaban J connectivity index is 1.65. The first-order chi connectivity index (χ1) is 19.3. The lowest BCUT2D eigenvalue weighted by molar-refractivity contribution is 0.276. The van der Waals surface area contributed by atoms with Gasteiger partial charge in [-0.25, -0.2) is 17.4 Å². The summed E-state index contributed by atoms with van der Waals surface area (Å²) in [5.41, 5.74) is 2.91. The fourth-order valence-corrected chi connectivity index (χ4v) is 6.82. The predicted molar refractivity (Wildman–Crippen MR) is 151 cm³/mol. The van der Waals surface area contributed by atoms with E-state index in [4.69, 9.17) is 14.7 Å². The number of fused-ring (bicyclic) bond motifs is 2. The molecule has 1 N–H and O–H groups in total. The summed E-state index contributed by atoms with van der Waals surface area (Å²) in [6.45, 7) is 2.19. The van der Waals surface area contributed by atoms with Crippen LogP contribution in [0.3, 0.4) is 0 Å². The number of rotatable bonds is 5. The van der Waals surface area contributed by atoms with Gasteiger partial charge in [0.1, 0.15) is 17.6 Å². The highest BCUT2D eigenvalue weighted by Crippen LogP contribution is 2.41. The van der Waals surface area contributed by atoms with Crippen molar-refractivity contribution in [3.63, 3.8) is 0 Å². The molecule has 0 unspecified atom stereocenters. The Morgan fingerprint density at radius 2 is 1.82 bits per heavy atom. The van der Waals surface area contributed by atoms with Crippen LogP contribution in [0.5, 0.6) is 11.6 Å². The Morgan fingerprint density at radius 3 is 2.58 bits per heavy atom. The minimum absolute atomic E-state index is 0.105. The van der Waals surface area contributed by atoms with Crippen LogP contribution < -0.4 is 9.64 Å². The molecule has 200 valence electrons. The van der Waals surface area contributed by atoms with Gasteiger partial charge >= 0.3 is 0 Å². The number of aromatic nitrogens is 3. The molecule has 10 heteroatoms. The smallest absolute Gasteiger partial charge is 0.268 e. The van der Waals surface area contributed by atoms with Gasteiger partial charge in [-0.3, -0.25) is 0 Å². The van der Waals surface area contributed by atoms with Crippen LogP contribution in [0.25, 0.3) is 22.3 Å². The minimum atomic E-state index is -4.07. The average Bonchev–Trinajstić information content (AvgIpc) is 3.29. The third-order valence-electron chi connectivity index (χ3n) is 7.09. The SMILES string of the molecule is Cc1c(-c2nc3c(c(N(C)c4cccc(O)c4)n2)CCCO3)c2cccc(C#N)c2n1S(=O)(=O)c1ccccc1. The number of anilines is 2. The lowest BCUT2D eigenvalue weighted by Gasteiger charge is -2.26. The van der Waals surface area contributed by atoms with Crippen molar-refractivity contribution in [3.05, 3.63) is 89.6 Å². The van der Waals surface area contributed by atoms with E-state index in [1.54, 1.807) is 61.5 Å². The zero-order valence-electron chi connectivity index (χ0n) is 21.9. The molecule has 2 aromatic heterocycles. The molecule has 5 aromatic rings. The maximum Gasteiger partial charge on any atom is 0.268 e. The second-order valence-electron chi connectivity index (χ2n) is 9.54. The number of aromatic hydroxyl groups is 1. The molecule has 0 radical (unpaired) electrons. The zero-order chi connectivity index (χ0) is 28.0. The number of nitriles is 1. The monoisotopic (exact) mass is 551 g/mol. The average molecular weight is 552 g/mol. The van der Waals surface area contributed by atoms with Gasteiger partial charge in [0.15, 0.2) is 5.82 Å². The molecule has 0 fully saturated rings. The number of nitrogens with zero attached hydrogens (tertiary/aromatic N) is 5. The highest BCUT2D eigenvalue weighted by atomic mass is 32.2. The Hall–Kier alpha value is -4.88. The van der Waals surface area contributed by atoms with E-state index in [9.17, 15) is 18.8 Å². The van der Waals surface area contributed by atoms with Crippen LogP contribution in [-0.4, -0.2) is 41.1 Å². The van der Waals surface area contributed by atoms with E-state index in [0.29, 0.717) is 41.4 Å². The fraction of sp³-hybridized carbons (Fsp3) is 0.167. The first kappa shape index (κ1) is 25.4. The summed E-state index contributed by atoms with van der Waals surface area (Å²) >= 11 is 0. The zero-order valence-corrected chi connectivity index (χ0v) is 22.7. The first-order valence-electron chi connectivity index (χ1n) is 12.7. The Kier molecular flexibility index (Phi) is 6.16. The van der Waals surface area contributed by atoms with Gasteiger partial charge in [0.2, 0.25) is 5.88 Å². The predicted octanol–water partition coefficient (Wildman–Crippen LogP) is 5.31. The molecule has 1 aliphatic heterocycles. The van der Waals surface area contributed by atoms with Crippen LogP contribution in [0.1, 0.15) is 23.2 Å². The van der Waals surface area contributed by atoms with Gasteiger partial charge in [0.05, 0.1) is 28.1 Å². The molecule has 6 rings (SSSR count). The van der Waals surface area contributed by atoms with E-state index in [-0.39, 0.29) is 27.5 Å². The van der Waals surface area contributed by atoms with Crippen molar-refractivity contribution in [1.82, 2.24) is 13.9 Å². The topological polar surface area (TPSA) is 121 Å². The van der Waals surface area contributed by atoms with Gasteiger partial charge in [-0.15, -0.1) is 0 Å². The largest absolute Gasteiger partial charge is 0.508 e. The van der Waals surface area contributed by atoms with Crippen LogP contribution in [-0.2, 0) is 16.4 Å². The van der Waals surface area contributed by atoms with E-state index in [2.05, 4.69) is 6.07 Å². The van der Waals surface area contributed by atoms with Crippen molar-refractivity contribution in [2.75, 3.05) is 18.6 Å². The molecule has 0 bridgehead atoms. The number of phenolic OH excluding ortho intramolecular Hbond substituents is 1. The summed E-state index contributed by atoms with van der Waals surface area (Å²) < 4.78 is 35.1. The Morgan fingerprint density at radius 1 is 1.05 bits per heavy atom. The van der Waals surface area contributed by atoms with E-state index in [1.807, 2.05) is 18.0 Å².